The van der Waals surface area contributed by atoms with Crippen molar-refractivity contribution < 1.29 is 24.2 Å². The summed E-state index contributed by atoms with van der Waals surface area (Å²) in [6, 6.07) is 0. The number of fused-ring (bicyclic) bond motifs is 2. The second-order valence-electron chi connectivity index (χ2n) is 7.54. The summed E-state index contributed by atoms with van der Waals surface area (Å²) in [6.07, 6.45) is 2.91. The number of esters is 2. The van der Waals surface area contributed by atoms with E-state index in [1.165, 1.54) is 0 Å². The molecule has 1 aliphatic carbocycles. The van der Waals surface area contributed by atoms with Crippen LogP contribution in [0.3, 0.4) is 0 Å². The van der Waals surface area contributed by atoms with Gasteiger partial charge in [-0.15, -0.1) is 0 Å². The predicted molar refractivity (Wildman–Crippen MR) is 92.1 cm³/mol. The zero-order valence-electron chi connectivity index (χ0n) is 14.9. The van der Waals surface area contributed by atoms with Crippen molar-refractivity contribution in [2.45, 2.75) is 45.8 Å². The highest BCUT2D eigenvalue weighted by Gasteiger charge is 2.51. The summed E-state index contributed by atoms with van der Waals surface area (Å²) in [4.78, 5) is 24.8. The van der Waals surface area contributed by atoms with E-state index in [0.29, 0.717) is 24.2 Å². The molecule has 5 nitrogen and oxygen atoms in total. The smallest absolute Gasteiger partial charge is 0.334 e. The molecule has 0 spiro atoms. The lowest BCUT2D eigenvalue weighted by Gasteiger charge is -2.32. The van der Waals surface area contributed by atoms with Crippen molar-refractivity contribution in [3.05, 3.63) is 47.8 Å². The fourth-order valence-electron chi connectivity index (χ4n) is 3.90. The Balaban J connectivity index is 2.13. The van der Waals surface area contributed by atoms with E-state index in [-0.39, 0.29) is 11.9 Å². The third-order valence-corrected chi connectivity index (χ3v) is 5.48. The first kappa shape index (κ1) is 17.7. The Bertz CT molecular complexity index is 728. The fraction of sp³-hybridized carbons (Fsp3) is 0.500. The average Bonchev–Trinajstić information content (AvgIpc) is 2.99. The van der Waals surface area contributed by atoms with Gasteiger partial charge in [0.1, 0.15) is 17.3 Å². The molecule has 0 radical (unpaired) electrons. The number of aliphatic hydroxyl groups is 1. The lowest BCUT2D eigenvalue weighted by Crippen LogP contribution is -2.41. The molecule has 0 aromatic rings. The van der Waals surface area contributed by atoms with Crippen LogP contribution >= 0.6 is 0 Å². The molecule has 5 heteroatoms. The summed E-state index contributed by atoms with van der Waals surface area (Å²) in [5, 5.41) is 11.0. The van der Waals surface area contributed by atoms with Crippen LogP contribution in [0.25, 0.3) is 0 Å². The van der Waals surface area contributed by atoms with E-state index in [4.69, 9.17) is 9.47 Å². The van der Waals surface area contributed by atoms with Crippen molar-refractivity contribution >= 4 is 11.9 Å². The van der Waals surface area contributed by atoms with Gasteiger partial charge in [-0.05, 0) is 45.8 Å². The number of aliphatic hydroxyl groups excluding tert-OH is 1. The van der Waals surface area contributed by atoms with Crippen molar-refractivity contribution in [2.75, 3.05) is 0 Å². The monoisotopic (exact) mass is 344 g/mol. The van der Waals surface area contributed by atoms with Gasteiger partial charge in [-0.3, -0.25) is 4.79 Å². The molecule has 2 aliphatic heterocycles. The zero-order valence-corrected chi connectivity index (χ0v) is 14.9. The quantitative estimate of drug-likeness (QED) is 0.616. The van der Waals surface area contributed by atoms with Gasteiger partial charge >= 0.3 is 11.9 Å². The normalized spacial score (nSPS) is 37.4. The van der Waals surface area contributed by atoms with Crippen LogP contribution in [0.15, 0.2) is 47.8 Å². The number of hydrogen-bond acceptors (Lipinski definition) is 5. The third-order valence-electron chi connectivity index (χ3n) is 5.48. The van der Waals surface area contributed by atoms with Crippen LogP contribution in [-0.2, 0) is 19.1 Å². The summed E-state index contributed by atoms with van der Waals surface area (Å²) in [7, 11) is 0. The summed E-state index contributed by atoms with van der Waals surface area (Å²) >= 11 is 0. The van der Waals surface area contributed by atoms with Crippen LogP contribution in [0, 0.1) is 17.3 Å². The van der Waals surface area contributed by atoms with Gasteiger partial charge in [0.15, 0.2) is 0 Å². The Hall–Kier alpha value is -2.14. The maximum absolute atomic E-state index is 12.6. The first-order valence-electron chi connectivity index (χ1n) is 8.50. The highest BCUT2D eigenvalue weighted by atomic mass is 16.6. The van der Waals surface area contributed by atoms with E-state index in [2.05, 4.69) is 13.2 Å². The van der Waals surface area contributed by atoms with E-state index in [0.717, 1.165) is 11.1 Å². The van der Waals surface area contributed by atoms with Crippen LogP contribution in [0.1, 0.15) is 33.6 Å². The maximum atomic E-state index is 12.6. The van der Waals surface area contributed by atoms with Crippen LogP contribution in [0.2, 0.25) is 0 Å². The van der Waals surface area contributed by atoms with Gasteiger partial charge in [0.25, 0.3) is 0 Å². The van der Waals surface area contributed by atoms with E-state index in [9.17, 15) is 14.7 Å². The van der Waals surface area contributed by atoms with Gasteiger partial charge in [-0.25, -0.2) is 4.79 Å². The molecule has 1 N–H and O–H groups in total. The number of carbonyl (C=O) groups is 2. The lowest BCUT2D eigenvalue weighted by molar-refractivity contribution is -0.151. The Labute approximate surface area is 147 Å². The van der Waals surface area contributed by atoms with Gasteiger partial charge in [0.2, 0.25) is 0 Å². The molecule has 134 valence electrons. The van der Waals surface area contributed by atoms with Gasteiger partial charge in [0.05, 0.1) is 12.0 Å². The van der Waals surface area contributed by atoms with Crippen LogP contribution in [0.4, 0.5) is 0 Å². The number of hydrogen-bond donors (Lipinski definition) is 1. The van der Waals surface area contributed by atoms with Gasteiger partial charge in [-0.1, -0.05) is 24.3 Å². The molecule has 0 fully saturated rings. The standard InChI is InChI=1S/C20H24O5/c1-10(2)13-7-6-12-8-14(24-18(12)22)16(11(3)4)15-9-20(5,17(13)21)19(23)25-15/h8-9,13-14,16-17,21H,1,3,6-7H2,2,4-5H3/t13-,14+,16+,17-,20-/m0/s1. The predicted octanol–water partition coefficient (Wildman–Crippen LogP) is 2.82. The Morgan fingerprint density at radius 1 is 1.28 bits per heavy atom. The minimum atomic E-state index is -1.16. The van der Waals surface area contributed by atoms with Gasteiger partial charge < -0.3 is 14.6 Å². The molecule has 0 aromatic heterocycles. The first-order valence-corrected chi connectivity index (χ1v) is 8.50. The largest absolute Gasteiger partial charge is 0.454 e. The molecule has 4 bridgehead atoms. The number of carbonyl (C=O) groups excluding carboxylic acids is 2. The van der Waals surface area contributed by atoms with E-state index < -0.39 is 29.5 Å². The fourth-order valence-corrected chi connectivity index (χ4v) is 3.90. The number of ether oxygens (including phenoxy) is 2. The summed E-state index contributed by atoms with van der Waals surface area (Å²) < 4.78 is 11.0. The second kappa shape index (κ2) is 5.99. The minimum Gasteiger partial charge on any atom is -0.454 e. The molecular formula is C20H24O5. The van der Waals surface area contributed by atoms with Crippen molar-refractivity contribution in [1.82, 2.24) is 0 Å². The molecule has 0 unspecified atom stereocenters. The molecule has 0 saturated carbocycles. The maximum Gasteiger partial charge on any atom is 0.334 e. The van der Waals surface area contributed by atoms with E-state index >= 15 is 0 Å². The highest BCUT2D eigenvalue weighted by Crippen LogP contribution is 2.45. The number of rotatable bonds is 2. The van der Waals surface area contributed by atoms with Crippen LogP contribution in [-0.4, -0.2) is 29.3 Å². The minimum absolute atomic E-state index is 0.331. The molecule has 5 atom stereocenters. The first-order chi connectivity index (χ1) is 11.6. The summed E-state index contributed by atoms with van der Waals surface area (Å²) in [6.45, 7) is 13.2. The average molecular weight is 344 g/mol. The molecule has 2 heterocycles. The Morgan fingerprint density at radius 3 is 2.56 bits per heavy atom. The van der Waals surface area contributed by atoms with Gasteiger partial charge in [-0.2, -0.15) is 0 Å². The van der Waals surface area contributed by atoms with E-state index in [1.807, 2.05) is 6.92 Å². The highest BCUT2D eigenvalue weighted by molar-refractivity contribution is 5.91. The lowest BCUT2D eigenvalue weighted by atomic mass is 9.74. The van der Waals surface area contributed by atoms with Gasteiger partial charge in [0, 0.05) is 11.5 Å². The Kier molecular flexibility index (Phi) is 4.23. The molecule has 3 rings (SSSR count). The molecule has 25 heavy (non-hydrogen) atoms. The molecule has 3 aliphatic rings. The third kappa shape index (κ3) is 2.76. The van der Waals surface area contributed by atoms with Crippen LogP contribution in [0.5, 0.6) is 0 Å². The SMILES string of the molecule is C=C(C)[C@H]1C2=C[C@](C)(C(=O)O2)[C@@H](O)[C@H](C(=C)C)CCC2=C[C@H]1OC2=O. The topological polar surface area (TPSA) is 72.8 Å². The van der Waals surface area contributed by atoms with Crippen molar-refractivity contribution in [1.29, 1.82) is 0 Å². The summed E-state index contributed by atoms with van der Waals surface area (Å²) in [5.74, 6) is -1.25. The molecular weight excluding hydrogens is 320 g/mol. The molecule has 0 amide bonds. The van der Waals surface area contributed by atoms with Crippen LogP contribution < -0.4 is 0 Å². The van der Waals surface area contributed by atoms with Crippen molar-refractivity contribution in [3.8, 4) is 0 Å². The zero-order chi connectivity index (χ0) is 18.5. The summed E-state index contributed by atoms with van der Waals surface area (Å²) in [5.41, 5.74) is 0.918. The Morgan fingerprint density at radius 2 is 1.96 bits per heavy atom. The second-order valence-corrected chi connectivity index (χ2v) is 7.54. The van der Waals surface area contributed by atoms with Crippen molar-refractivity contribution in [3.63, 3.8) is 0 Å². The van der Waals surface area contributed by atoms with Crippen molar-refractivity contribution in [2.24, 2.45) is 17.3 Å². The molecule has 0 aromatic carbocycles. The molecule has 0 saturated heterocycles. The van der Waals surface area contributed by atoms with E-state index in [1.54, 1.807) is 26.0 Å².